The molecule has 8 heteroatoms. The molecule has 0 aromatic carbocycles. The largest absolute Gasteiger partial charge is 0.354 e. The zero-order valence-corrected chi connectivity index (χ0v) is 12.9. The van der Waals surface area contributed by atoms with Crippen molar-refractivity contribution >= 4 is 5.91 Å². The Kier molecular flexibility index (Phi) is 5.15. The number of allylic oxidation sites excluding steroid dienone is 2. The number of amides is 1. The molecule has 1 amide bonds. The van der Waals surface area contributed by atoms with Gasteiger partial charge in [-0.3, -0.25) is 4.79 Å². The van der Waals surface area contributed by atoms with Crippen LogP contribution >= 0.6 is 0 Å². The van der Waals surface area contributed by atoms with Crippen molar-refractivity contribution < 1.29 is 4.79 Å². The van der Waals surface area contributed by atoms with Gasteiger partial charge in [0, 0.05) is 6.54 Å². The van der Waals surface area contributed by atoms with Crippen LogP contribution in [0.15, 0.2) is 39.7 Å². The summed E-state index contributed by atoms with van der Waals surface area (Å²) in [6, 6.07) is 0. The lowest BCUT2D eigenvalue weighted by Crippen LogP contribution is -2.55. The number of aromatic nitrogens is 3. The number of hydrogen-bond donors (Lipinski definition) is 1. The van der Waals surface area contributed by atoms with Gasteiger partial charge in [-0.2, -0.15) is 0 Å². The number of carbonyl (C=O) groups excluding carboxylic acids is 1. The normalized spacial score (nSPS) is 13.6. The molecule has 0 unspecified atom stereocenters. The second-order valence-electron chi connectivity index (χ2n) is 5.48. The first-order chi connectivity index (χ1) is 11.0. The van der Waals surface area contributed by atoms with E-state index in [1.165, 1.54) is 12.2 Å². The maximum Gasteiger partial charge on any atom is 0.337 e. The molecule has 1 N–H and O–H groups in total. The van der Waals surface area contributed by atoms with E-state index in [9.17, 15) is 19.2 Å². The van der Waals surface area contributed by atoms with Crippen molar-refractivity contribution in [3.8, 4) is 0 Å². The maximum absolute atomic E-state index is 12.3. The number of nitrogens with one attached hydrogen (secondary N) is 1. The Morgan fingerprint density at radius 3 is 1.91 bits per heavy atom. The van der Waals surface area contributed by atoms with Crippen molar-refractivity contribution in [2.75, 3.05) is 6.54 Å². The highest BCUT2D eigenvalue weighted by atomic mass is 16.2. The first-order valence-corrected chi connectivity index (χ1v) is 7.42. The number of hydrogen-bond acceptors (Lipinski definition) is 4. The van der Waals surface area contributed by atoms with Crippen molar-refractivity contribution in [3.05, 3.63) is 56.8 Å². The van der Waals surface area contributed by atoms with E-state index in [0.29, 0.717) is 12.5 Å². The fraction of sp³-hybridized carbons (Fsp3) is 0.467. The summed E-state index contributed by atoms with van der Waals surface area (Å²) in [5, 5.41) is 2.69. The summed E-state index contributed by atoms with van der Waals surface area (Å²) in [6.07, 6.45) is 4.92. The van der Waals surface area contributed by atoms with E-state index in [0.717, 1.165) is 26.5 Å². The van der Waals surface area contributed by atoms with Crippen LogP contribution in [0.3, 0.4) is 0 Å². The summed E-state index contributed by atoms with van der Waals surface area (Å²) in [5.41, 5.74) is -2.38. The summed E-state index contributed by atoms with van der Waals surface area (Å²) >= 11 is 0. The quantitative estimate of drug-likeness (QED) is 0.626. The van der Waals surface area contributed by atoms with E-state index in [1.54, 1.807) is 0 Å². The molecule has 0 aliphatic heterocycles. The lowest BCUT2D eigenvalue weighted by molar-refractivity contribution is -0.121. The average molecular weight is 320 g/mol. The smallest absolute Gasteiger partial charge is 0.337 e. The lowest BCUT2D eigenvalue weighted by Gasteiger charge is -2.12. The molecule has 0 saturated heterocycles. The van der Waals surface area contributed by atoms with Crippen LogP contribution in [0.4, 0.5) is 0 Å². The van der Waals surface area contributed by atoms with E-state index >= 15 is 0 Å². The molecule has 23 heavy (non-hydrogen) atoms. The zero-order valence-electron chi connectivity index (χ0n) is 12.9. The van der Waals surface area contributed by atoms with E-state index in [2.05, 4.69) is 18.5 Å². The topological polar surface area (TPSA) is 95.1 Å². The summed E-state index contributed by atoms with van der Waals surface area (Å²) in [4.78, 5) is 48.7. The summed E-state index contributed by atoms with van der Waals surface area (Å²) in [7, 11) is 0. The molecule has 1 heterocycles. The van der Waals surface area contributed by atoms with E-state index in [-0.39, 0.29) is 13.1 Å². The third-order valence-corrected chi connectivity index (χ3v) is 3.60. The van der Waals surface area contributed by atoms with Crippen molar-refractivity contribution in [2.24, 2.45) is 5.92 Å². The molecule has 8 nitrogen and oxygen atoms in total. The van der Waals surface area contributed by atoms with E-state index in [4.69, 9.17) is 0 Å². The minimum atomic E-state index is -0.818. The number of rotatable bonds is 8. The van der Waals surface area contributed by atoms with Gasteiger partial charge in [0.1, 0.15) is 6.54 Å². The molecule has 1 aliphatic carbocycles. The predicted octanol–water partition coefficient (Wildman–Crippen LogP) is -0.930. The Labute approximate surface area is 132 Å². The molecule has 0 atom stereocenters. The van der Waals surface area contributed by atoms with Crippen LogP contribution in [-0.4, -0.2) is 26.2 Å². The van der Waals surface area contributed by atoms with E-state index < -0.39 is 29.5 Å². The molecular formula is C15H20N4O4. The zero-order chi connectivity index (χ0) is 17.0. The molecule has 1 aromatic heterocycles. The molecule has 2 rings (SSSR count). The van der Waals surface area contributed by atoms with Crippen molar-refractivity contribution in [3.63, 3.8) is 0 Å². The van der Waals surface area contributed by atoms with Crippen LogP contribution < -0.4 is 22.4 Å². The molecule has 0 bridgehead atoms. The fourth-order valence-corrected chi connectivity index (χ4v) is 2.17. The van der Waals surface area contributed by atoms with Gasteiger partial charge < -0.3 is 5.32 Å². The van der Waals surface area contributed by atoms with Gasteiger partial charge in [-0.05, 0) is 18.8 Å². The van der Waals surface area contributed by atoms with Gasteiger partial charge in [-0.1, -0.05) is 12.2 Å². The Morgan fingerprint density at radius 2 is 1.48 bits per heavy atom. The first kappa shape index (κ1) is 16.7. The van der Waals surface area contributed by atoms with Gasteiger partial charge in [0.05, 0.1) is 13.1 Å². The van der Waals surface area contributed by atoms with Gasteiger partial charge in [-0.25, -0.2) is 28.1 Å². The van der Waals surface area contributed by atoms with Crippen LogP contribution in [0.25, 0.3) is 0 Å². The molecule has 0 radical (unpaired) electrons. The molecule has 1 saturated carbocycles. The van der Waals surface area contributed by atoms with Crippen molar-refractivity contribution in [1.29, 1.82) is 0 Å². The Hall–Kier alpha value is -2.64. The van der Waals surface area contributed by atoms with Gasteiger partial charge in [0.2, 0.25) is 5.91 Å². The summed E-state index contributed by atoms with van der Waals surface area (Å²) < 4.78 is 2.49. The lowest BCUT2D eigenvalue weighted by atomic mass is 10.4. The number of carbonyl (C=O) groups is 1. The van der Waals surface area contributed by atoms with Gasteiger partial charge in [0.15, 0.2) is 0 Å². The highest BCUT2D eigenvalue weighted by Crippen LogP contribution is 2.27. The van der Waals surface area contributed by atoms with Crippen molar-refractivity contribution in [1.82, 2.24) is 19.0 Å². The molecule has 1 aromatic rings. The third-order valence-electron chi connectivity index (χ3n) is 3.60. The average Bonchev–Trinajstić information content (AvgIpc) is 3.34. The highest BCUT2D eigenvalue weighted by Gasteiger charge is 2.22. The molecular weight excluding hydrogens is 300 g/mol. The third kappa shape index (κ3) is 3.77. The minimum Gasteiger partial charge on any atom is -0.354 e. The monoisotopic (exact) mass is 320 g/mol. The standard InChI is InChI=1S/C15H20N4O4/c1-3-7-17-13(21)18(8-4-2)15(23)19(14(17)22)10-12(20)16-9-11-5-6-11/h3-4,11H,1-2,5-10H2,(H,16,20). The van der Waals surface area contributed by atoms with Gasteiger partial charge in [-0.15, -0.1) is 13.2 Å². The maximum atomic E-state index is 12.3. The van der Waals surface area contributed by atoms with Gasteiger partial charge in [0.25, 0.3) is 0 Å². The Bertz CT molecular complexity index is 747. The predicted molar refractivity (Wildman–Crippen MR) is 85.3 cm³/mol. The van der Waals surface area contributed by atoms with Crippen LogP contribution in [-0.2, 0) is 24.4 Å². The molecule has 1 aliphatic rings. The fourth-order valence-electron chi connectivity index (χ4n) is 2.17. The minimum absolute atomic E-state index is 0.0429. The van der Waals surface area contributed by atoms with Crippen LogP contribution in [0.5, 0.6) is 0 Å². The molecule has 0 spiro atoms. The SMILES string of the molecule is C=CCn1c(=O)n(CC=C)c(=O)n(CC(=O)NCC2CC2)c1=O. The van der Waals surface area contributed by atoms with Crippen LogP contribution in [0.2, 0.25) is 0 Å². The molecule has 124 valence electrons. The van der Waals surface area contributed by atoms with E-state index in [1.807, 2.05) is 0 Å². The second-order valence-corrected chi connectivity index (χ2v) is 5.48. The van der Waals surface area contributed by atoms with Crippen molar-refractivity contribution in [2.45, 2.75) is 32.5 Å². The van der Waals surface area contributed by atoms with Gasteiger partial charge >= 0.3 is 17.1 Å². The van der Waals surface area contributed by atoms with Crippen LogP contribution in [0, 0.1) is 5.92 Å². The first-order valence-electron chi connectivity index (χ1n) is 7.42. The highest BCUT2D eigenvalue weighted by molar-refractivity contribution is 5.75. The number of nitrogens with zero attached hydrogens (tertiary/aromatic N) is 3. The molecule has 1 fully saturated rings. The summed E-state index contributed by atoms with van der Waals surface area (Å²) in [6.45, 7) is 7.01. The second kappa shape index (κ2) is 7.08. The Morgan fingerprint density at radius 1 is 1.00 bits per heavy atom. The van der Waals surface area contributed by atoms with Crippen LogP contribution in [0.1, 0.15) is 12.8 Å². The summed E-state index contributed by atoms with van der Waals surface area (Å²) in [5.74, 6) is 0.0628. The Balaban J connectivity index is 2.39.